The summed E-state index contributed by atoms with van der Waals surface area (Å²) >= 11 is 0. The van der Waals surface area contributed by atoms with Crippen LogP contribution in [-0.4, -0.2) is 16.4 Å². The normalized spacial score (nSPS) is 11.4. The predicted octanol–water partition coefficient (Wildman–Crippen LogP) is 1.92. The molecule has 61 valence electrons. The maximum Gasteiger partial charge on any atom is 0.161 e. The summed E-state index contributed by atoms with van der Waals surface area (Å²) in [7, 11) is -0.179. The Morgan fingerprint density at radius 3 is 2.80 bits per heavy atom. The zero-order valence-electron chi connectivity index (χ0n) is 7.07. The van der Waals surface area contributed by atoms with Gasteiger partial charge in [0.15, 0.2) is 9.76 Å². The summed E-state index contributed by atoms with van der Waals surface area (Å²) in [5.74, 6) is 0. The Kier molecular flexibility index (Phi) is 9.34. The fourth-order valence-electron chi connectivity index (χ4n) is 0.760. The third kappa shape index (κ3) is 8.18. The van der Waals surface area contributed by atoms with Crippen LogP contribution in [0.4, 0.5) is 0 Å². The smallest absolute Gasteiger partial charge is 0.161 e. The van der Waals surface area contributed by atoms with E-state index in [1.807, 2.05) is 0 Å². The van der Waals surface area contributed by atoms with Crippen molar-refractivity contribution in [3.8, 4) is 0 Å². The van der Waals surface area contributed by atoms with Crippen LogP contribution in [0.25, 0.3) is 0 Å². The van der Waals surface area contributed by atoms with Gasteiger partial charge in [-0.2, -0.15) is 0 Å². The van der Waals surface area contributed by atoms with Crippen LogP contribution in [0.15, 0.2) is 0 Å². The van der Waals surface area contributed by atoms with Crippen LogP contribution in [0.3, 0.4) is 0 Å². The van der Waals surface area contributed by atoms with Gasteiger partial charge in [-0.15, -0.1) is 0 Å². The Bertz CT molecular complexity index is 49.2. The SMILES string of the molecule is [CH2]CC[SiH2]OCCCCC. The second-order valence-corrected chi connectivity index (χ2v) is 4.05. The first-order chi connectivity index (χ1) is 4.91. The molecule has 0 fully saturated rings. The van der Waals surface area contributed by atoms with Gasteiger partial charge >= 0.3 is 0 Å². The number of hydrogen-bond donors (Lipinski definition) is 0. The molecule has 0 heterocycles. The lowest BCUT2D eigenvalue weighted by Gasteiger charge is -2.00. The van der Waals surface area contributed by atoms with E-state index in [-0.39, 0.29) is 9.76 Å². The molecule has 0 bridgehead atoms. The van der Waals surface area contributed by atoms with Crippen molar-refractivity contribution in [3.05, 3.63) is 6.92 Å². The highest BCUT2D eigenvalue weighted by Gasteiger charge is 1.87. The summed E-state index contributed by atoms with van der Waals surface area (Å²) in [4.78, 5) is 0. The van der Waals surface area contributed by atoms with Crippen molar-refractivity contribution in [2.75, 3.05) is 6.61 Å². The highest BCUT2D eigenvalue weighted by Crippen LogP contribution is 1.94. The molecule has 0 amide bonds. The average molecular weight is 159 g/mol. The minimum absolute atomic E-state index is 0.179. The van der Waals surface area contributed by atoms with E-state index in [4.69, 9.17) is 4.43 Å². The number of unbranched alkanes of at least 4 members (excludes halogenated alkanes) is 2. The van der Waals surface area contributed by atoms with Crippen LogP contribution in [0, 0.1) is 6.92 Å². The Hall–Kier alpha value is 0.177. The Morgan fingerprint density at radius 2 is 2.20 bits per heavy atom. The molecule has 10 heavy (non-hydrogen) atoms. The third-order valence-electron chi connectivity index (χ3n) is 1.43. The minimum Gasteiger partial charge on any atom is -0.424 e. The first-order valence-corrected chi connectivity index (χ1v) is 5.86. The van der Waals surface area contributed by atoms with Crippen LogP contribution in [-0.2, 0) is 4.43 Å². The van der Waals surface area contributed by atoms with Crippen LogP contribution in [0.1, 0.15) is 32.6 Å². The largest absolute Gasteiger partial charge is 0.424 e. The Morgan fingerprint density at radius 1 is 1.40 bits per heavy atom. The molecule has 0 rings (SSSR count). The number of hydrogen-bond acceptors (Lipinski definition) is 1. The van der Waals surface area contributed by atoms with E-state index in [1.54, 1.807) is 0 Å². The van der Waals surface area contributed by atoms with Gasteiger partial charge in [0.05, 0.1) is 0 Å². The van der Waals surface area contributed by atoms with Gasteiger partial charge in [0.2, 0.25) is 0 Å². The molecule has 0 aromatic heterocycles. The molecular formula is C8H19OSi. The van der Waals surface area contributed by atoms with Gasteiger partial charge in [0.1, 0.15) is 0 Å². The first kappa shape index (κ1) is 10.2. The molecule has 1 nitrogen and oxygen atoms in total. The molecule has 1 radical (unpaired) electrons. The monoisotopic (exact) mass is 159 g/mol. The van der Waals surface area contributed by atoms with Crippen molar-refractivity contribution in [2.24, 2.45) is 0 Å². The molecule has 0 saturated heterocycles. The van der Waals surface area contributed by atoms with Gasteiger partial charge in [0, 0.05) is 6.61 Å². The summed E-state index contributed by atoms with van der Waals surface area (Å²) in [6.07, 6.45) is 4.92. The van der Waals surface area contributed by atoms with Gasteiger partial charge in [-0.3, -0.25) is 0 Å². The summed E-state index contributed by atoms with van der Waals surface area (Å²) in [6, 6.07) is 1.24. The molecule has 0 aliphatic heterocycles. The molecule has 0 aliphatic rings. The Balaban J connectivity index is 2.65. The lowest BCUT2D eigenvalue weighted by atomic mass is 10.3. The van der Waals surface area contributed by atoms with Gasteiger partial charge < -0.3 is 4.43 Å². The third-order valence-corrected chi connectivity index (χ3v) is 2.80. The highest BCUT2D eigenvalue weighted by atomic mass is 28.2. The Labute approximate surface area is 67.1 Å². The van der Waals surface area contributed by atoms with Crippen LogP contribution in [0.5, 0.6) is 0 Å². The lowest BCUT2D eigenvalue weighted by molar-refractivity contribution is 0.322. The molecule has 0 N–H and O–H groups in total. The zero-order chi connectivity index (χ0) is 7.66. The summed E-state index contributed by atoms with van der Waals surface area (Å²) in [6.45, 7) is 6.99. The second kappa shape index (κ2) is 9.18. The predicted molar refractivity (Wildman–Crippen MR) is 48.8 cm³/mol. The molecular weight excluding hydrogens is 140 g/mol. The van der Waals surface area contributed by atoms with E-state index >= 15 is 0 Å². The van der Waals surface area contributed by atoms with Crippen LogP contribution in [0.2, 0.25) is 6.04 Å². The molecule has 2 heteroatoms. The molecule has 0 aromatic carbocycles. The van der Waals surface area contributed by atoms with Crippen molar-refractivity contribution < 1.29 is 4.43 Å². The van der Waals surface area contributed by atoms with E-state index < -0.39 is 0 Å². The molecule has 0 atom stereocenters. The van der Waals surface area contributed by atoms with Crippen molar-refractivity contribution in [2.45, 2.75) is 38.7 Å². The maximum absolute atomic E-state index is 5.48. The summed E-state index contributed by atoms with van der Waals surface area (Å²) < 4.78 is 5.48. The maximum atomic E-state index is 5.48. The quantitative estimate of drug-likeness (QED) is 0.407. The first-order valence-electron chi connectivity index (χ1n) is 4.28. The van der Waals surface area contributed by atoms with Gasteiger partial charge in [-0.1, -0.05) is 33.1 Å². The van der Waals surface area contributed by atoms with E-state index in [1.165, 1.54) is 25.3 Å². The van der Waals surface area contributed by atoms with Crippen molar-refractivity contribution in [1.29, 1.82) is 0 Å². The molecule has 0 spiro atoms. The van der Waals surface area contributed by atoms with Crippen LogP contribution >= 0.6 is 0 Å². The van der Waals surface area contributed by atoms with Gasteiger partial charge in [0.25, 0.3) is 0 Å². The molecule has 0 unspecified atom stereocenters. The van der Waals surface area contributed by atoms with Gasteiger partial charge in [-0.05, 0) is 12.5 Å². The van der Waals surface area contributed by atoms with Crippen molar-refractivity contribution in [3.63, 3.8) is 0 Å². The summed E-state index contributed by atoms with van der Waals surface area (Å²) in [5.41, 5.74) is 0. The highest BCUT2D eigenvalue weighted by molar-refractivity contribution is 6.26. The summed E-state index contributed by atoms with van der Waals surface area (Å²) in [5, 5.41) is 0. The van der Waals surface area contributed by atoms with Gasteiger partial charge in [-0.25, -0.2) is 0 Å². The lowest BCUT2D eigenvalue weighted by Crippen LogP contribution is -1.99. The molecule has 0 aromatic rings. The van der Waals surface area contributed by atoms with Crippen molar-refractivity contribution in [1.82, 2.24) is 0 Å². The molecule has 0 saturated carbocycles. The van der Waals surface area contributed by atoms with E-state index in [2.05, 4.69) is 13.8 Å². The van der Waals surface area contributed by atoms with E-state index in [9.17, 15) is 0 Å². The zero-order valence-corrected chi connectivity index (χ0v) is 8.48. The average Bonchev–Trinajstić information content (AvgIpc) is 1.97. The number of rotatable bonds is 7. The fourth-order valence-corrected chi connectivity index (χ4v) is 1.58. The fraction of sp³-hybridized carbons (Fsp3) is 0.875. The molecule has 0 aliphatic carbocycles. The second-order valence-electron chi connectivity index (χ2n) is 2.53. The topological polar surface area (TPSA) is 9.23 Å². The van der Waals surface area contributed by atoms with E-state index in [0.29, 0.717) is 0 Å². The minimum atomic E-state index is -0.179. The van der Waals surface area contributed by atoms with Crippen molar-refractivity contribution >= 4 is 9.76 Å². The standard InChI is InChI=1S/C8H19OSi/c1-3-5-6-7-9-10-8-4-2/h2-8,10H2,1H3. The van der Waals surface area contributed by atoms with Crippen LogP contribution < -0.4 is 0 Å². The van der Waals surface area contributed by atoms with E-state index in [0.717, 1.165) is 13.0 Å².